The third kappa shape index (κ3) is 10.7. The van der Waals surface area contributed by atoms with Crippen LogP contribution in [0.2, 0.25) is 0 Å². The van der Waals surface area contributed by atoms with Crippen LogP contribution in [0.5, 0.6) is 5.75 Å². The Morgan fingerprint density at radius 3 is 1.94 bits per heavy atom. The van der Waals surface area contributed by atoms with Crippen LogP contribution >= 0.6 is 0 Å². The molecule has 2 N–H and O–H groups in total. The molecule has 3 rings (SSSR count). The number of allylic oxidation sites excluding steroid dienone is 5. The summed E-state index contributed by atoms with van der Waals surface area (Å²) in [5.41, 5.74) is 5.39. The number of aromatic hydroxyl groups is 1. The van der Waals surface area contributed by atoms with E-state index < -0.39 is 0 Å². The quantitative estimate of drug-likeness (QED) is 0.338. The molecule has 1 saturated heterocycles. The lowest BCUT2D eigenvalue weighted by Crippen LogP contribution is -2.57. The molecule has 0 amide bonds. The van der Waals surface area contributed by atoms with Gasteiger partial charge in [-0.25, -0.2) is 0 Å². The van der Waals surface area contributed by atoms with Gasteiger partial charge in [0.1, 0.15) is 5.75 Å². The molecule has 1 aliphatic heterocycles. The first-order valence-corrected chi connectivity index (χ1v) is 12.6. The summed E-state index contributed by atoms with van der Waals surface area (Å²) in [6, 6.07) is 5.40. The summed E-state index contributed by atoms with van der Waals surface area (Å²) < 4.78 is 0. The molecule has 1 aromatic carbocycles. The van der Waals surface area contributed by atoms with E-state index in [-0.39, 0.29) is 5.75 Å². The van der Waals surface area contributed by atoms with Crippen LogP contribution in [-0.2, 0) is 0 Å². The van der Waals surface area contributed by atoms with Crippen molar-refractivity contribution >= 4 is 5.57 Å². The molecule has 5 nitrogen and oxygen atoms in total. The molecule has 0 saturated carbocycles. The average Bonchev–Trinajstić information content (AvgIpc) is 3.33. The van der Waals surface area contributed by atoms with Crippen LogP contribution < -0.4 is 5.32 Å². The number of nitrogens with one attached hydrogen (secondary N) is 1. The molecule has 1 aromatic heterocycles. The van der Waals surface area contributed by atoms with Gasteiger partial charge in [0.2, 0.25) is 0 Å². The molecule has 0 spiro atoms. The average molecular weight is 493 g/mol. The number of phenolic OH excluding ortho intramolecular Hbond substituents is 1. The molecule has 0 radical (unpaired) electrons. The fourth-order valence-corrected chi connectivity index (χ4v) is 4.88. The Kier molecular flexibility index (Phi) is 13.8. The van der Waals surface area contributed by atoms with Crippen molar-refractivity contribution in [1.29, 1.82) is 0 Å². The molecule has 2 heterocycles. The van der Waals surface area contributed by atoms with E-state index in [0.717, 1.165) is 28.3 Å². The van der Waals surface area contributed by atoms with Crippen molar-refractivity contribution in [3.63, 3.8) is 0 Å². The van der Waals surface area contributed by atoms with Gasteiger partial charge < -0.3 is 10.4 Å². The first-order chi connectivity index (χ1) is 16.8. The van der Waals surface area contributed by atoms with Gasteiger partial charge in [-0.3, -0.25) is 0 Å². The van der Waals surface area contributed by atoms with Crippen molar-refractivity contribution in [1.82, 2.24) is 20.3 Å². The number of aromatic nitrogens is 3. The molecule has 0 atom stereocenters. The Labute approximate surface area is 220 Å². The summed E-state index contributed by atoms with van der Waals surface area (Å²) >= 11 is 0. The second-order valence-corrected chi connectivity index (χ2v) is 10.4. The molecule has 0 aliphatic carbocycles. The summed E-state index contributed by atoms with van der Waals surface area (Å²) in [5, 5.41) is 22.0. The summed E-state index contributed by atoms with van der Waals surface area (Å²) in [6.45, 7) is 25.4. The maximum absolute atomic E-state index is 10.2. The smallest absolute Gasteiger partial charge is 0.125 e. The van der Waals surface area contributed by atoms with E-state index in [1.165, 1.54) is 23.2 Å². The van der Waals surface area contributed by atoms with Gasteiger partial charge in [0.05, 0.1) is 18.1 Å². The Morgan fingerprint density at radius 1 is 1.06 bits per heavy atom. The number of hydrogen-bond donors (Lipinski definition) is 2. The first kappa shape index (κ1) is 32.9. The lowest BCUT2D eigenvalue weighted by molar-refractivity contribution is 0.138. The zero-order valence-corrected chi connectivity index (χ0v) is 24.2. The number of benzene rings is 1. The topological polar surface area (TPSA) is 63.0 Å². The van der Waals surface area contributed by atoms with Gasteiger partial charge in [-0.2, -0.15) is 15.0 Å². The second-order valence-electron chi connectivity index (χ2n) is 10.4. The lowest BCUT2D eigenvalue weighted by Gasteiger charge is -2.45. The van der Waals surface area contributed by atoms with Crippen molar-refractivity contribution in [2.45, 2.75) is 93.2 Å². The third-order valence-electron chi connectivity index (χ3n) is 5.62. The van der Waals surface area contributed by atoms with Gasteiger partial charge in [0.15, 0.2) is 0 Å². The molecule has 5 heteroatoms. The van der Waals surface area contributed by atoms with Crippen molar-refractivity contribution in [2.75, 3.05) is 0 Å². The largest absolute Gasteiger partial charge is 0.507 e. The minimum atomic E-state index is 0.204. The van der Waals surface area contributed by atoms with Crippen molar-refractivity contribution in [3.8, 4) is 24.3 Å². The van der Waals surface area contributed by atoms with Crippen LogP contribution in [0.1, 0.15) is 87.6 Å². The van der Waals surface area contributed by atoms with Gasteiger partial charge in [-0.1, -0.05) is 45.1 Å². The molecular weight excluding hydrogens is 444 g/mol. The van der Waals surface area contributed by atoms with Crippen LogP contribution in [0.3, 0.4) is 0 Å². The van der Waals surface area contributed by atoms with E-state index >= 15 is 0 Å². The first-order valence-electron chi connectivity index (χ1n) is 12.6. The monoisotopic (exact) mass is 492 g/mol. The number of terminal acetylenes is 1. The van der Waals surface area contributed by atoms with Crippen LogP contribution in [0.25, 0.3) is 11.3 Å². The highest BCUT2D eigenvalue weighted by atomic mass is 16.3. The second kappa shape index (κ2) is 15.1. The Hall–Kier alpha value is -3.10. The van der Waals surface area contributed by atoms with Crippen molar-refractivity contribution < 1.29 is 5.11 Å². The number of rotatable bonds is 4. The highest BCUT2D eigenvalue weighted by Gasteiger charge is 2.35. The summed E-state index contributed by atoms with van der Waals surface area (Å²) in [6.07, 6.45) is 17.6. The fraction of sp³-hybridized carbons (Fsp3) is 0.484. The summed E-state index contributed by atoms with van der Waals surface area (Å²) in [5.74, 6) is 1.07. The van der Waals surface area contributed by atoms with Crippen LogP contribution in [-0.4, -0.2) is 31.2 Å². The number of piperidine rings is 1. The summed E-state index contributed by atoms with van der Waals surface area (Å²) in [7, 11) is 0. The molecule has 198 valence electrons. The minimum Gasteiger partial charge on any atom is -0.507 e. The van der Waals surface area contributed by atoms with Crippen LogP contribution in [0.4, 0.5) is 0 Å². The standard InChI is InChI=1S/C17H19N3O.C10H21N.C2H6.C2H2/c1-5-14(12(2)3)10-13(4)16-7-6-15(11-17(16)21)20-18-8-9-19-20;1-8-6-9(2,3)11-10(4,5)7-8;2*1-2/h5-11,21H,1H2,2-4H3;8,11H,6-7H2,1-5H3;1-2H3;1-2H/b13-10+;;;. The Balaban J connectivity index is 0.000000688. The maximum Gasteiger partial charge on any atom is 0.125 e. The molecule has 0 unspecified atom stereocenters. The van der Waals surface area contributed by atoms with Crippen LogP contribution in [0, 0.1) is 18.8 Å². The van der Waals surface area contributed by atoms with E-state index in [2.05, 4.69) is 69.6 Å². The lowest BCUT2D eigenvalue weighted by atomic mass is 9.77. The van der Waals surface area contributed by atoms with E-state index in [1.807, 2.05) is 58.9 Å². The third-order valence-corrected chi connectivity index (χ3v) is 5.62. The van der Waals surface area contributed by atoms with Crippen molar-refractivity contribution in [2.24, 2.45) is 5.92 Å². The normalized spacial score (nSPS) is 16.1. The van der Waals surface area contributed by atoms with Gasteiger partial charge in [-0.05, 0) is 90.5 Å². The van der Waals surface area contributed by atoms with E-state index in [4.69, 9.17) is 0 Å². The Morgan fingerprint density at radius 2 is 1.56 bits per heavy atom. The SMILES string of the molecule is C#C.C=CC(/C=C(\C)c1ccc(-n2nccn2)cc1O)=C(C)C.CC.CC1CC(C)(C)NC(C)(C)C1. The van der Waals surface area contributed by atoms with Gasteiger partial charge in [-0.15, -0.1) is 12.8 Å². The van der Waals surface area contributed by atoms with Gasteiger partial charge >= 0.3 is 0 Å². The van der Waals surface area contributed by atoms with Gasteiger partial charge in [0.25, 0.3) is 0 Å². The van der Waals surface area contributed by atoms with Crippen molar-refractivity contribution in [3.05, 3.63) is 66.0 Å². The number of nitrogens with zero attached hydrogens (tertiary/aromatic N) is 3. The van der Waals surface area contributed by atoms with Crippen LogP contribution in [0.15, 0.2) is 60.5 Å². The molecule has 36 heavy (non-hydrogen) atoms. The highest BCUT2D eigenvalue weighted by Crippen LogP contribution is 2.32. The highest BCUT2D eigenvalue weighted by molar-refractivity contribution is 5.72. The molecule has 1 fully saturated rings. The zero-order valence-electron chi connectivity index (χ0n) is 24.2. The summed E-state index contributed by atoms with van der Waals surface area (Å²) in [4.78, 5) is 1.47. The molecule has 2 aromatic rings. The fourth-order valence-electron chi connectivity index (χ4n) is 4.88. The predicted molar refractivity (Wildman–Crippen MR) is 156 cm³/mol. The predicted octanol–water partition coefficient (Wildman–Crippen LogP) is 7.74. The molecule has 0 bridgehead atoms. The zero-order chi connectivity index (χ0) is 28.1. The number of hydrogen-bond acceptors (Lipinski definition) is 4. The van der Waals surface area contributed by atoms with E-state index in [1.54, 1.807) is 18.5 Å². The maximum atomic E-state index is 10.2. The minimum absolute atomic E-state index is 0.204. The number of phenols is 1. The molecular formula is C31H48N4O. The molecule has 1 aliphatic rings. The van der Waals surface area contributed by atoms with E-state index in [0.29, 0.717) is 11.1 Å². The van der Waals surface area contributed by atoms with Gasteiger partial charge in [0, 0.05) is 22.7 Å². The Bertz CT molecular complexity index is 1000. The van der Waals surface area contributed by atoms with E-state index in [9.17, 15) is 5.11 Å².